The quantitative estimate of drug-likeness (QED) is 0.490. The number of methoxy groups -OCH3 is 1. The molecular weight excluding hydrogens is 221 g/mol. The highest BCUT2D eigenvalue weighted by molar-refractivity contribution is 5.89. The Morgan fingerprint density at radius 3 is 2.88 bits per heavy atom. The van der Waals surface area contributed by atoms with Gasteiger partial charge in [-0.15, -0.1) is 5.92 Å². The molecule has 0 unspecified atom stereocenters. The minimum atomic E-state index is -0.668. The van der Waals surface area contributed by atoms with Gasteiger partial charge >= 0.3 is 5.97 Å². The van der Waals surface area contributed by atoms with Crippen LogP contribution in [0.25, 0.3) is 0 Å². The topological polar surface area (TPSA) is 38.3 Å². The number of esters is 1. The zero-order valence-electron chi connectivity index (χ0n) is 9.84. The molecule has 90 valence electrons. The van der Waals surface area contributed by atoms with Gasteiger partial charge in [-0.2, -0.15) is 0 Å². The van der Waals surface area contributed by atoms with Gasteiger partial charge in [-0.1, -0.05) is 12.0 Å². The van der Waals surface area contributed by atoms with E-state index in [1.54, 1.807) is 13.0 Å². The summed E-state index contributed by atoms with van der Waals surface area (Å²) in [6, 6.07) is 4.42. The third kappa shape index (κ3) is 3.89. The highest BCUT2D eigenvalue weighted by Crippen LogP contribution is 2.11. The second-order valence-corrected chi connectivity index (χ2v) is 3.34. The van der Waals surface area contributed by atoms with Crippen LogP contribution in [0.2, 0.25) is 0 Å². The van der Waals surface area contributed by atoms with Gasteiger partial charge < -0.3 is 10.1 Å². The van der Waals surface area contributed by atoms with Crippen LogP contribution in [0.1, 0.15) is 22.8 Å². The summed E-state index contributed by atoms with van der Waals surface area (Å²) in [4.78, 5) is 11.1. The number of hydrogen-bond acceptors (Lipinski definition) is 3. The van der Waals surface area contributed by atoms with Crippen molar-refractivity contribution >= 4 is 5.97 Å². The third-order valence-electron chi connectivity index (χ3n) is 2.16. The first kappa shape index (κ1) is 13.2. The largest absolute Gasteiger partial charge is 0.465 e. The van der Waals surface area contributed by atoms with E-state index in [1.807, 2.05) is 0 Å². The standard InChI is InChI=1S/C13H14FNO2/c1-3-4-7-15-9-10-5-6-11(12(14)8-10)13(16)17-2/h5-6,8,15H,7,9H2,1-2H3. The Balaban J connectivity index is 2.67. The van der Waals surface area contributed by atoms with Gasteiger partial charge in [-0.3, -0.25) is 0 Å². The van der Waals surface area contributed by atoms with Crippen LogP contribution in [-0.4, -0.2) is 19.6 Å². The third-order valence-corrected chi connectivity index (χ3v) is 2.16. The summed E-state index contributed by atoms with van der Waals surface area (Å²) < 4.78 is 18.0. The highest BCUT2D eigenvalue weighted by Gasteiger charge is 2.11. The maximum absolute atomic E-state index is 13.5. The molecule has 1 N–H and O–H groups in total. The maximum atomic E-state index is 13.5. The molecule has 0 atom stereocenters. The van der Waals surface area contributed by atoms with E-state index in [-0.39, 0.29) is 5.56 Å². The van der Waals surface area contributed by atoms with Crippen molar-refractivity contribution in [2.24, 2.45) is 0 Å². The Hall–Kier alpha value is -1.86. The first-order valence-corrected chi connectivity index (χ1v) is 5.16. The van der Waals surface area contributed by atoms with E-state index in [4.69, 9.17) is 0 Å². The number of carbonyl (C=O) groups excluding carboxylic acids is 1. The monoisotopic (exact) mass is 235 g/mol. The van der Waals surface area contributed by atoms with Gasteiger partial charge in [-0.05, 0) is 24.6 Å². The van der Waals surface area contributed by atoms with Crippen LogP contribution in [0.15, 0.2) is 18.2 Å². The van der Waals surface area contributed by atoms with Crippen molar-refractivity contribution in [3.05, 3.63) is 35.1 Å². The molecule has 17 heavy (non-hydrogen) atoms. The average Bonchev–Trinajstić information content (AvgIpc) is 2.34. The molecule has 1 aromatic rings. The molecule has 4 heteroatoms. The fourth-order valence-electron chi connectivity index (χ4n) is 1.30. The molecule has 0 saturated carbocycles. The van der Waals surface area contributed by atoms with Crippen molar-refractivity contribution in [3.63, 3.8) is 0 Å². The first-order chi connectivity index (χ1) is 8.19. The number of carbonyl (C=O) groups is 1. The van der Waals surface area contributed by atoms with Crippen LogP contribution in [0.4, 0.5) is 4.39 Å². The summed E-state index contributed by atoms with van der Waals surface area (Å²) in [7, 11) is 1.22. The smallest absolute Gasteiger partial charge is 0.340 e. The lowest BCUT2D eigenvalue weighted by atomic mass is 10.1. The second-order valence-electron chi connectivity index (χ2n) is 3.34. The molecule has 3 nitrogen and oxygen atoms in total. The summed E-state index contributed by atoms with van der Waals surface area (Å²) in [5.74, 6) is 4.35. The van der Waals surface area contributed by atoms with Gasteiger partial charge in [0, 0.05) is 6.54 Å². The fourth-order valence-corrected chi connectivity index (χ4v) is 1.30. The predicted molar refractivity (Wildman–Crippen MR) is 62.9 cm³/mol. The SMILES string of the molecule is CC#CCNCc1ccc(C(=O)OC)c(F)c1. The van der Waals surface area contributed by atoms with E-state index < -0.39 is 11.8 Å². The van der Waals surface area contributed by atoms with Gasteiger partial charge in [0.25, 0.3) is 0 Å². The van der Waals surface area contributed by atoms with E-state index in [0.29, 0.717) is 13.1 Å². The minimum Gasteiger partial charge on any atom is -0.465 e. The molecule has 0 heterocycles. The van der Waals surface area contributed by atoms with Crippen molar-refractivity contribution < 1.29 is 13.9 Å². The van der Waals surface area contributed by atoms with Crippen molar-refractivity contribution in [1.29, 1.82) is 0 Å². The molecule has 0 radical (unpaired) electrons. The summed E-state index contributed by atoms with van der Waals surface area (Å²) in [6.45, 7) is 2.82. The van der Waals surface area contributed by atoms with Gasteiger partial charge in [0.2, 0.25) is 0 Å². The lowest BCUT2D eigenvalue weighted by molar-refractivity contribution is 0.0595. The van der Waals surface area contributed by atoms with Crippen LogP contribution in [-0.2, 0) is 11.3 Å². The average molecular weight is 235 g/mol. The summed E-state index contributed by atoms with van der Waals surface area (Å²) in [6.07, 6.45) is 0. The Bertz CT molecular complexity index is 460. The van der Waals surface area contributed by atoms with E-state index in [0.717, 1.165) is 5.56 Å². The van der Waals surface area contributed by atoms with Gasteiger partial charge in [-0.25, -0.2) is 9.18 Å². The molecule has 1 aromatic carbocycles. The van der Waals surface area contributed by atoms with Crippen molar-refractivity contribution in [1.82, 2.24) is 5.32 Å². The number of hydrogen-bond donors (Lipinski definition) is 1. The molecule has 1 rings (SSSR count). The molecule has 0 aliphatic heterocycles. The molecule has 0 aliphatic carbocycles. The summed E-state index contributed by atoms with van der Waals surface area (Å²) in [5, 5.41) is 3.04. The number of benzene rings is 1. The Morgan fingerprint density at radius 2 is 2.29 bits per heavy atom. The zero-order chi connectivity index (χ0) is 12.7. The molecule has 0 fully saturated rings. The van der Waals surface area contributed by atoms with Gasteiger partial charge in [0.05, 0.1) is 19.2 Å². The molecule has 0 amide bonds. The number of rotatable bonds is 4. The molecule has 0 bridgehead atoms. The predicted octanol–water partition coefficient (Wildman–Crippen LogP) is 1.73. The van der Waals surface area contributed by atoms with Crippen molar-refractivity contribution in [3.8, 4) is 11.8 Å². The van der Waals surface area contributed by atoms with E-state index in [9.17, 15) is 9.18 Å². The number of nitrogens with one attached hydrogen (secondary N) is 1. The zero-order valence-corrected chi connectivity index (χ0v) is 9.84. The van der Waals surface area contributed by atoms with Gasteiger partial charge in [0.15, 0.2) is 0 Å². The lowest BCUT2D eigenvalue weighted by Gasteiger charge is -2.05. The normalized spacial score (nSPS) is 9.35. The van der Waals surface area contributed by atoms with E-state index in [1.165, 1.54) is 19.2 Å². The van der Waals surface area contributed by atoms with Gasteiger partial charge in [0.1, 0.15) is 5.82 Å². The Labute approximate surface area is 100.0 Å². The molecular formula is C13H14FNO2. The molecule has 0 saturated heterocycles. The van der Waals surface area contributed by atoms with Crippen LogP contribution in [0.3, 0.4) is 0 Å². The molecule has 0 aromatic heterocycles. The summed E-state index contributed by atoms with van der Waals surface area (Å²) >= 11 is 0. The Kier molecular flexibility index (Phi) is 5.18. The first-order valence-electron chi connectivity index (χ1n) is 5.16. The maximum Gasteiger partial charge on any atom is 0.340 e. The van der Waals surface area contributed by atoms with Crippen molar-refractivity contribution in [2.45, 2.75) is 13.5 Å². The van der Waals surface area contributed by atoms with Crippen molar-refractivity contribution in [2.75, 3.05) is 13.7 Å². The fraction of sp³-hybridized carbons (Fsp3) is 0.308. The minimum absolute atomic E-state index is 0.0513. The second kappa shape index (κ2) is 6.66. The van der Waals surface area contributed by atoms with E-state index >= 15 is 0 Å². The van der Waals surface area contributed by atoms with Crippen LogP contribution < -0.4 is 5.32 Å². The Morgan fingerprint density at radius 1 is 1.53 bits per heavy atom. The van der Waals surface area contributed by atoms with Crippen LogP contribution in [0.5, 0.6) is 0 Å². The lowest BCUT2D eigenvalue weighted by Crippen LogP contribution is -2.14. The number of ether oxygens (including phenoxy) is 1. The van der Waals surface area contributed by atoms with E-state index in [2.05, 4.69) is 21.9 Å². The number of halogens is 1. The summed E-state index contributed by atoms with van der Waals surface area (Å²) in [5.41, 5.74) is 0.706. The van der Waals surface area contributed by atoms with Crippen LogP contribution >= 0.6 is 0 Å². The molecule has 0 spiro atoms. The highest BCUT2D eigenvalue weighted by atomic mass is 19.1. The van der Waals surface area contributed by atoms with Crippen LogP contribution in [0, 0.1) is 17.7 Å². The molecule has 0 aliphatic rings.